The molecule has 2 heterocycles. The van der Waals surface area contributed by atoms with Gasteiger partial charge in [-0.2, -0.15) is 0 Å². The van der Waals surface area contributed by atoms with Gasteiger partial charge in [0.05, 0.1) is 6.54 Å². The van der Waals surface area contributed by atoms with Gasteiger partial charge in [-0.1, -0.05) is 6.07 Å². The minimum Gasteiger partial charge on any atom is -0.479 e. The maximum Gasteiger partial charge on any atom is 0.337 e. The van der Waals surface area contributed by atoms with Crippen molar-refractivity contribution in [2.24, 2.45) is 0 Å². The van der Waals surface area contributed by atoms with E-state index >= 15 is 0 Å². The second kappa shape index (κ2) is 4.93. The fraction of sp³-hybridized carbons (Fsp3) is 0.308. The van der Waals surface area contributed by atoms with Crippen molar-refractivity contribution in [2.75, 3.05) is 6.54 Å². The molecule has 0 aromatic carbocycles. The van der Waals surface area contributed by atoms with Crippen molar-refractivity contribution in [3.05, 3.63) is 35.8 Å². The van der Waals surface area contributed by atoms with Crippen LogP contribution in [0.4, 0.5) is 0 Å². The number of rotatable bonds is 4. The maximum atomic E-state index is 11.9. The zero-order valence-electron chi connectivity index (χ0n) is 11.1. The van der Waals surface area contributed by atoms with E-state index in [-0.39, 0.29) is 5.69 Å². The number of carboxylic acid groups (broad SMARTS) is 1. The summed E-state index contributed by atoms with van der Waals surface area (Å²) in [6, 6.07) is 5.47. The lowest BCUT2D eigenvalue weighted by Crippen LogP contribution is -2.46. The Bertz CT molecular complexity index is 675. The van der Waals surface area contributed by atoms with Crippen molar-refractivity contribution in [1.82, 2.24) is 14.7 Å². The van der Waals surface area contributed by atoms with Crippen LogP contribution in [0.3, 0.4) is 0 Å². The Morgan fingerprint density at radius 2 is 2.15 bits per heavy atom. The second-order valence-corrected chi connectivity index (χ2v) is 4.78. The molecule has 0 radical (unpaired) electrons. The molecule has 0 fully saturated rings. The van der Waals surface area contributed by atoms with Crippen LogP contribution < -0.4 is 5.32 Å². The number of hydrogen-bond donors (Lipinski definition) is 3. The van der Waals surface area contributed by atoms with E-state index in [1.54, 1.807) is 16.7 Å². The van der Waals surface area contributed by atoms with Crippen molar-refractivity contribution >= 4 is 17.5 Å². The highest BCUT2D eigenvalue weighted by Gasteiger charge is 2.30. The average Bonchev–Trinajstić information content (AvgIpc) is 2.81. The van der Waals surface area contributed by atoms with Crippen LogP contribution in [0.5, 0.6) is 0 Å². The summed E-state index contributed by atoms with van der Waals surface area (Å²) in [7, 11) is 0. The van der Waals surface area contributed by atoms with Gasteiger partial charge >= 0.3 is 5.97 Å². The van der Waals surface area contributed by atoms with Crippen LogP contribution in [0, 0.1) is 6.92 Å². The van der Waals surface area contributed by atoms with Gasteiger partial charge in [0, 0.05) is 11.9 Å². The number of aliphatic hydroxyl groups is 1. The normalized spacial score (nSPS) is 13.9. The Hall–Kier alpha value is -2.41. The number of amides is 1. The predicted octanol–water partition coefficient (Wildman–Crippen LogP) is 0.208. The minimum atomic E-state index is -2.01. The van der Waals surface area contributed by atoms with Crippen LogP contribution in [0.2, 0.25) is 0 Å². The van der Waals surface area contributed by atoms with Gasteiger partial charge in [-0.25, -0.2) is 9.78 Å². The van der Waals surface area contributed by atoms with E-state index in [0.29, 0.717) is 5.65 Å². The van der Waals surface area contributed by atoms with Crippen LogP contribution >= 0.6 is 0 Å². The molecule has 2 rings (SSSR count). The summed E-state index contributed by atoms with van der Waals surface area (Å²) >= 11 is 0. The SMILES string of the molecule is Cc1cccc2nc(C(=O)NCC(C)(O)C(=O)O)cn12. The number of pyridine rings is 1. The Morgan fingerprint density at radius 1 is 1.45 bits per heavy atom. The Morgan fingerprint density at radius 3 is 2.75 bits per heavy atom. The summed E-state index contributed by atoms with van der Waals surface area (Å²) in [5.74, 6) is -1.93. The van der Waals surface area contributed by atoms with Crippen molar-refractivity contribution in [1.29, 1.82) is 0 Å². The number of carbonyl (C=O) groups excluding carboxylic acids is 1. The van der Waals surface area contributed by atoms with Crippen LogP contribution in [-0.4, -0.2) is 43.6 Å². The first kappa shape index (κ1) is 14.0. The smallest absolute Gasteiger partial charge is 0.337 e. The summed E-state index contributed by atoms with van der Waals surface area (Å²) in [5, 5.41) is 20.6. The number of nitrogens with zero attached hydrogens (tertiary/aromatic N) is 2. The molecule has 2 aromatic rings. The number of nitrogens with one attached hydrogen (secondary N) is 1. The van der Waals surface area contributed by atoms with E-state index in [1.165, 1.54) is 0 Å². The Balaban J connectivity index is 2.16. The molecule has 20 heavy (non-hydrogen) atoms. The molecule has 3 N–H and O–H groups in total. The summed E-state index contributed by atoms with van der Waals surface area (Å²) in [6.07, 6.45) is 1.56. The first-order valence-corrected chi connectivity index (χ1v) is 6.00. The quantitative estimate of drug-likeness (QED) is 0.741. The molecule has 7 nitrogen and oxygen atoms in total. The number of fused-ring (bicyclic) bond motifs is 1. The number of aryl methyl sites for hydroxylation is 1. The van der Waals surface area contributed by atoms with Gasteiger partial charge < -0.3 is 19.9 Å². The number of aliphatic carboxylic acids is 1. The molecule has 1 atom stereocenters. The first-order chi connectivity index (χ1) is 9.31. The van der Waals surface area contributed by atoms with Crippen molar-refractivity contribution in [2.45, 2.75) is 19.4 Å². The topological polar surface area (TPSA) is 104 Å². The molecule has 106 valence electrons. The zero-order valence-corrected chi connectivity index (χ0v) is 11.1. The molecule has 0 aliphatic rings. The Kier molecular flexibility index (Phi) is 3.46. The van der Waals surface area contributed by atoms with Crippen LogP contribution in [0.25, 0.3) is 5.65 Å². The molecule has 0 saturated heterocycles. The fourth-order valence-electron chi connectivity index (χ4n) is 1.68. The van der Waals surface area contributed by atoms with Gasteiger partial charge in [0.15, 0.2) is 5.60 Å². The third kappa shape index (κ3) is 2.62. The maximum absolute atomic E-state index is 11.9. The van der Waals surface area contributed by atoms with E-state index in [1.807, 2.05) is 19.1 Å². The lowest BCUT2D eigenvalue weighted by atomic mass is 10.1. The highest BCUT2D eigenvalue weighted by atomic mass is 16.4. The van der Waals surface area contributed by atoms with Crippen molar-refractivity contribution in [3.63, 3.8) is 0 Å². The van der Waals surface area contributed by atoms with Gasteiger partial charge in [0.25, 0.3) is 5.91 Å². The largest absolute Gasteiger partial charge is 0.479 e. The Labute approximate surface area is 114 Å². The highest BCUT2D eigenvalue weighted by Crippen LogP contribution is 2.09. The van der Waals surface area contributed by atoms with Gasteiger partial charge in [0.2, 0.25) is 0 Å². The van der Waals surface area contributed by atoms with E-state index in [9.17, 15) is 14.7 Å². The van der Waals surface area contributed by atoms with Crippen molar-refractivity contribution < 1.29 is 19.8 Å². The van der Waals surface area contributed by atoms with E-state index in [4.69, 9.17) is 5.11 Å². The molecular formula is C13H15N3O4. The molecule has 7 heteroatoms. The van der Waals surface area contributed by atoms with Crippen LogP contribution in [0.1, 0.15) is 23.1 Å². The first-order valence-electron chi connectivity index (χ1n) is 6.00. The third-order valence-electron chi connectivity index (χ3n) is 2.98. The number of aromatic nitrogens is 2. The molecule has 0 aliphatic carbocycles. The van der Waals surface area contributed by atoms with Gasteiger partial charge in [-0.3, -0.25) is 4.79 Å². The van der Waals surface area contributed by atoms with E-state index in [2.05, 4.69) is 10.3 Å². The molecule has 2 aromatic heterocycles. The number of carbonyl (C=O) groups is 2. The fourth-order valence-corrected chi connectivity index (χ4v) is 1.68. The monoisotopic (exact) mass is 277 g/mol. The van der Waals surface area contributed by atoms with Crippen molar-refractivity contribution in [3.8, 4) is 0 Å². The lowest BCUT2D eigenvalue weighted by Gasteiger charge is -2.17. The number of imidazole rings is 1. The van der Waals surface area contributed by atoms with Gasteiger partial charge in [-0.05, 0) is 26.0 Å². The van der Waals surface area contributed by atoms with Crippen LogP contribution in [0.15, 0.2) is 24.4 Å². The molecular weight excluding hydrogens is 262 g/mol. The number of hydrogen-bond acceptors (Lipinski definition) is 4. The second-order valence-electron chi connectivity index (χ2n) is 4.78. The molecule has 0 bridgehead atoms. The average molecular weight is 277 g/mol. The zero-order chi connectivity index (χ0) is 14.9. The predicted molar refractivity (Wildman–Crippen MR) is 70.5 cm³/mol. The van der Waals surface area contributed by atoms with Gasteiger partial charge in [0.1, 0.15) is 11.3 Å². The summed E-state index contributed by atoms with van der Waals surface area (Å²) in [4.78, 5) is 26.8. The summed E-state index contributed by atoms with van der Waals surface area (Å²) in [5.41, 5.74) is -0.294. The molecule has 0 saturated carbocycles. The van der Waals surface area contributed by atoms with Gasteiger partial charge in [-0.15, -0.1) is 0 Å². The summed E-state index contributed by atoms with van der Waals surface area (Å²) < 4.78 is 1.75. The molecule has 1 amide bonds. The molecule has 0 spiro atoms. The van der Waals surface area contributed by atoms with E-state index in [0.717, 1.165) is 12.6 Å². The number of carboxylic acids is 1. The minimum absolute atomic E-state index is 0.167. The standard InChI is InChI=1S/C13H15N3O4/c1-8-4-3-5-10-15-9(6-16(8)10)11(17)14-7-13(2,20)12(18)19/h3-6,20H,7H2,1-2H3,(H,14,17)(H,18,19). The molecule has 1 unspecified atom stereocenters. The van der Waals surface area contributed by atoms with E-state index < -0.39 is 24.0 Å². The summed E-state index contributed by atoms with van der Waals surface area (Å²) in [6.45, 7) is 2.60. The lowest BCUT2D eigenvalue weighted by molar-refractivity contribution is -0.155. The third-order valence-corrected chi connectivity index (χ3v) is 2.98. The van der Waals surface area contributed by atoms with Crippen LogP contribution in [-0.2, 0) is 4.79 Å². The molecule has 0 aliphatic heterocycles. The highest BCUT2D eigenvalue weighted by molar-refractivity contribution is 5.93.